The molecule has 7 heteroatoms. The molecule has 1 amide bonds. The molecule has 1 N–H and O–H groups in total. The number of amides is 1. The lowest BCUT2D eigenvalue weighted by Crippen LogP contribution is -2.40. The molecule has 0 unspecified atom stereocenters. The van der Waals surface area contributed by atoms with E-state index in [1.165, 1.54) is 16.8 Å². The predicted octanol–water partition coefficient (Wildman–Crippen LogP) is 2.96. The third kappa shape index (κ3) is 6.03. The normalized spacial score (nSPS) is 16.5. The van der Waals surface area contributed by atoms with Crippen LogP contribution < -0.4 is 5.32 Å². The highest BCUT2D eigenvalue weighted by molar-refractivity contribution is 7.89. The van der Waals surface area contributed by atoms with Gasteiger partial charge in [0.05, 0.1) is 4.90 Å². The summed E-state index contributed by atoms with van der Waals surface area (Å²) in [7, 11) is 2.05. The quantitative estimate of drug-likeness (QED) is 0.717. The second kappa shape index (κ2) is 9.37. The minimum atomic E-state index is -3.61. The molecule has 1 saturated carbocycles. The Morgan fingerprint density at radius 2 is 1.79 bits per heavy atom. The van der Waals surface area contributed by atoms with Crippen molar-refractivity contribution in [1.29, 1.82) is 0 Å². The molecule has 6 nitrogen and oxygen atoms in total. The van der Waals surface area contributed by atoms with Gasteiger partial charge in [0.25, 0.3) is 5.91 Å². The van der Waals surface area contributed by atoms with E-state index in [2.05, 4.69) is 24.1 Å². The Kier molecular flexibility index (Phi) is 7.65. The van der Waals surface area contributed by atoms with Crippen molar-refractivity contribution in [2.45, 2.75) is 56.9 Å². The van der Waals surface area contributed by atoms with E-state index in [0.717, 1.165) is 32.2 Å². The van der Waals surface area contributed by atoms with Gasteiger partial charge in [0.1, 0.15) is 0 Å². The van der Waals surface area contributed by atoms with Crippen molar-refractivity contribution in [2.24, 2.45) is 5.41 Å². The molecule has 1 aromatic carbocycles. The maximum Gasteiger partial charge on any atom is 0.251 e. The lowest BCUT2D eigenvalue weighted by Gasteiger charge is -2.30. The molecule has 1 aromatic rings. The van der Waals surface area contributed by atoms with Crippen LogP contribution in [0.4, 0.5) is 0 Å². The summed E-state index contributed by atoms with van der Waals surface area (Å²) >= 11 is 0. The fraction of sp³-hybridized carbons (Fsp3) is 0.667. The van der Waals surface area contributed by atoms with E-state index in [1.54, 1.807) is 25.2 Å². The first-order valence-electron chi connectivity index (χ1n) is 10.0. The van der Waals surface area contributed by atoms with Crippen molar-refractivity contribution in [1.82, 2.24) is 14.5 Å². The van der Waals surface area contributed by atoms with Crippen LogP contribution in [0.5, 0.6) is 0 Å². The fourth-order valence-electron chi connectivity index (χ4n) is 3.94. The molecule has 0 atom stereocenters. The van der Waals surface area contributed by atoms with Crippen molar-refractivity contribution < 1.29 is 13.2 Å². The van der Waals surface area contributed by atoms with Crippen molar-refractivity contribution in [3.63, 3.8) is 0 Å². The zero-order valence-corrected chi connectivity index (χ0v) is 18.7. The summed E-state index contributed by atoms with van der Waals surface area (Å²) in [5.41, 5.74) is 0.295. The molecule has 1 aliphatic carbocycles. The largest absolute Gasteiger partial charge is 0.351 e. The number of nitrogens with one attached hydrogen (secondary N) is 1. The SMILES string of the molecule is CN(C)CC(C)(C)CNC(=O)c1cccc(S(=O)(=O)N(C)C2CCCCC2)c1. The zero-order valence-electron chi connectivity index (χ0n) is 17.9. The van der Waals surface area contributed by atoms with Gasteiger partial charge in [0, 0.05) is 31.7 Å². The Hall–Kier alpha value is -1.44. The van der Waals surface area contributed by atoms with Crippen LogP contribution in [0, 0.1) is 5.41 Å². The van der Waals surface area contributed by atoms with E-state index in [9.17, 15) is 13.2 Å². The second-order valence-electron chi connectivity index (χ2n) is 8.93. The molecule has 0 heterocycles. The van der Waals surface area contributed by atoms with E-state index >= 15 is 0 Å². The van der Waals surface area contributed by atoms with Gasteiger partial charge in [-0.1, -0.05) is 39.2 Å². The van der Waals surface area contributed by atoms with Crippen LogP contribution in [0.25, 0.3) is 0 Å². The van der Waals surface area contributed by atoms with Crippen LogP contribution in [0.2, 0.25) is 0 Å². The molecule has 1 aliphatic rings. The van der Waals surface area contributed by atoms with Crippen molar-refractivity contribution in [3.05, 3.63) is 29.8 Å². The summed E-state index contributed by atoms with van der Waals surface area (Å²) in [4.78, 5) is 14.9. The van der Waals surface area contributed by atoms with Gasteiger partial charge >= 0.3 is 0 Å². The Morgan fingerprint density at radius 1 is 1.14 bits per heavy atom. The van der Waals surface area contributed by atoms with Gasteiger partial charge in [-0.25, -0.2) is 8.42 Å². The van der Waals surface area contributed by atoms with Crippen LogP contribution in [-0.2, 0) is 10.0 Å². The molecule has 0 bridgehead atoms. The van der Waals surface area contributed by atoms with Crippen LogP contribution in [0.1, 0.15) is 56.3 Å². The molecule has 0 saturated heterocycles. The average Bonchev–Trinajstić information content (AvgIpc) is 2.65. The average molecular weight is 410 g/mol. The summed E-state index contributed by atoms with van der Waals surface area (Å²) < 4.78 is 27.6. The predicted molar refractivity (Wildman–Crippen MR) is 113 cm³/mol. The van der Waals surface area contributed by atoms with Gasteiger partial charge in [0.2, 0.25) is 10.0 Å². The van der Waals surface area contributed by atoms with Crippen LogP contribution in [0.15, 0.2) is 29.2 Å². The van der Waals surface area contributed by atoms with Crippen LogP contribution in [0.3, 0.4) is 0 Å². The highest BCUT2D eigenvalue weighted by atomic mass is 32.2. The van der Waals surface area contributed by atoms with Crippen molar-refractivity contribution in [2.75, 3.05) is 34.2 Å². The lowest BCUT2D eigenvalue weighted by atomic mass is 9.93. The first kappa shape index (κ1) is 22.8. The van der Waals surface area contributed by atoms with Gasteiger partial charge in [0.15, 0.2) is 0 Å². The Bertz CT molecular complexity index is 769. The first-order chi connectivity index (χ1) is 13.0. The molecule has 1 fully saturated rings. The maximum absolute atomic E-state index is 13.0. The molecule has 0 aliphatic heterocycles. The standard InChI is InChI=1S/C21H35N3O3S/c1-21(2,16-23(3)4)15-22-20(25)17-10-9-13-19(14-17)28(26,27)24(5)18-11-7-6-8-12-18/h9-10,13-14,18H,6-8,11-12,15-16H2,1-5H3,(H,22,25). The maximum atomic E-state index is 13.0. The smallest absolute Gasteiger partial charge is 0.251 e. The molecule has 28 heavy (non-hydrogen) atoms. The Balaban J connectivity index is 2.11. The third-order valence-electron chi connectivity index (χ3n) is 5.33. The molecule has 0 spiro atoms. The van der Waals surface area contributed by atoms with Crippen molar-refractivity contribution in [3.8, 4) is 0 Å². The molecule has 0 radical (unpaired) electrons. The van der Waals surface area contributed by atoms with Crippen LogP contribution in [-0.4, -0.2) is 63.8 Å². The van der Waals surface area contributed by atoms with E-state index in [4.69, 9.17) is 0 Å². The molecule has 0 aromatic heterocycles. The minimum Gasteiger partial charge on any atom is -0.351 e. The van der Waals surface area contributed by atoms with Gasteiger partial charge in [-0.3, -0.25) is 4.79 Å². The fourth-order valence-corrected chi connectivity index (χ4v) is 5.40. The number of rotatable bonds is 8. The summed E-state index contributed by atoms with van der Waals surface area (Å²) in [6.45, 7) is 5.54. The van der Waals surface area contributed by atoms with Crippen molar-refractivity contribution >= 4 is 15.9 Å². The van der Waals surface area contributed by atoms with Crippen LogP contribution >= 0.6 is 0 Å². The Morgan fingerprint density at radius 3 is 2.39 bits per heavy atom. The number of hydrogen-bond acceptors (Lipinski definition) is 4. The third-order valence-corrected chi connectivity index (χ3v) is 7.24. The molecular weight excluding hydrogens is 374 g/mol. The lowest BCUT2D eigenvalue weighted by molar-refractivity contribution is 0.0929. The number of nitrogens with zero attached hydrogens (tertiary/aromatic N) is 2. The van der Waals surface area contributed by atoms with Gasteiger partial charge < -0.3 is 10.2 Å². The van der Waals surface area contributed by atoms with E-state index < -0.39 is 10.0 Å². The highest BCUT2D eigenvalue weighted by Crippen LogP contribution is 2.26. The van der Waals surface area contributed by atoms with E-state index in [1.807, 2.05) is 14.1 Å². The van der Waals surface area contributed by atoms with E-state index in [-0.39, 0.29) is 22.3 Å². The van der Waals surface area contributed by atoms with Gasteiger partial charge in [-0.05, 0) is 50.6 Å². The summed E-state index contributed by atoms with van der Waals surface area (Å²) in [5, 5.41) is 2.94. The monoisotopic (exact) mass is 409 g/mol. The van der Waals surface area contributed by atoms with Gasteiger partial charge in [-0.15, -0.1) is 0 Å². The van der Waals surface area contributed by atoms with E-state index in [0.29, 0.717) is 12.1 Å². The number of hydrogen-bond donors (Lipinski definition) is 1. The summed E-state index contributed by atoms with van der Waals surface area (Å²) in [6, 6.07) is 6.41. The minimum absolute atomic E-state index is 0.0445. The zero-order chi connectivity index (χ0) is 20.9. The second-order valence-corrected chi connectivity index (χ2v) is 10.9. The number of sulfonamides is 1. The first-order valence-corrected chi connectivity index (χ1v) is 11.5. The Labute approximate surface area is 170 Å². The summed E-state index contributed by atoms with van der Waals surface area (Å²) in [5.74, 6) is -0.246. The number of benzene rings is 1. The topological polar surface area (TPSA) is 69.7 Å². The number of carbonyl (C=O) groups excluding carboxylic acids is 1. The molecular formula is C21H35N3O3S. The molecule has 2 rings (SSSR count). The van der Waals surface area contributed by atoms with Gasteiger partial charge in [-0.2, -0.15) is 4.31 Å². The number of carbonyl (C=O) groups is 1. The highest BCUT2D eigenvalue weighted by Gasteiger charge is 2.29. The summed E-state index contributed by atoms with van der Waals surface area (Å²) in [6.07, 6.45) is 5.10. The molecule has 158 valence electrons.